The highest BCUT2D eigenvalue weighted by Gasteiger charge is 2.44. The number of hydrogen-bond acceptors (Lipinski definition) is 5. The molecule has 2 aromatic rings. The molecule has 0 bridgehead atoms. The summed E-state index contributed by atoms with van der Waals surface area (Å²) in [4.78, 5) is 14.0. The molecule has 0 spiro atoms. The van der Waals surface area contributed by atoms with Crippen LogP contribution in [0.5, 0.6) is 0 Å². The fourth-order valence-electron chi connectivity index (χ4n) is 3.98. The molecule has 2 aliphatic heterocycles. The van der Waals surface area contributed by atoms with Crippen LogP contribution in [0.25, 0.3) is 10.2 Å². The lowest BCUT2D eigenvalue weighted by Crippen LogP contribution is -2.35. The minimum absolute atomic E-state index is 0.619. The van der Waals surface area contributed by atoms with E-state index in [9.17, 15) is 0 Å². The fourth-order valence-corrected chi connectivity index (χ4v) is 4.82. The van der Waals surface area contributed by atoms with Gasteiger partial charge in [0.1, 0.15) is 17.0 Å². The molecule has 0 aromatic carbocycles. The van der Waals surface area contributed by atoms with E-state index in [0.29, 0.717) is 6.04 Å². The number of nitrogens with one attached hydrogen (secondary N) is 1. The molecule has 3 unspecified atom stereocenters. The molecule has 106 valence electrons. The molecule has 0 saturated carbocycles. The number of hydrogen-bond donors (Lipinski definition) is 1. The van der Waals surface area contributed by atoms with E-state index >= 15 is 0 Å². The molecule has 0 radical (unpaired) electrons. The van der Waals surface area contributed by atoms with Gasteiger partial charge in [0.05, 0.1) is 5.39 Å². The number of nitrogens with zero attached hydrogens (tertiary/aromatic N) is 3. The van der Waals surface area contributed by atoms with Gasteiger partial charge in [0, 0.05) is 30.6 Å². The molecule has 4 rings (SSSR count). The summed E-state index contributed by atoms with van der Waals surface area (Å²) in [6, 6.07) is 2.86. The van der Waals surface area contributed by atoms with Gasteiger partial charge in [0.25, 0.3) is 0 Å². The lowest BCUT2D eigenvalue weighted by atomic mass is 9.93. The van der Waals surface area contributed by atoms with Crippen molar-refractivity contribution in [1.82, 2.24) is 15.3 Å². The third kappa shape index (κ3) is 1.76. The number of aromatic nitrogens is 2. The summed E-state index contributed by atoms with van der Waals surface area (Å²) in [5.74, 6) is 2.72. The predicted molar refractivity (Wildman–Crippen MR) is 83.4 cm³/mol. The Morgan fingerprint density at radius 2 is 2.30 bits per heavy atom. The van der Waals surface area contributed by atoms with E-state index in [4.69, 9.17) is 0 Å². The summed E-state index contributed by atoms with van der Waals surface area (Å²) >= 11 is 1.77. The second-order valence-corrected chi connectivity index (χ2v) is 7.22. The molecule has 2 aromatic heterocycles. The van der Waals surface area contributed by atoms with Gasteiger partial charge in [-0.1, -0.05) is 6.92 Å². The van der Waals surface area contributed by atoms with Crippen LogP contribution in [-0.4, -0.2) is 35.6 Å². The normalized spacial score (nSPS) is 29.3. The van der Waals surface area contributed by atoms with Crippen LogP contribution < -0.4 is 10.2 Å². The quantitative estimate of drug-likeness (QED) is 0.921. The first-order valence-corrected chi connectivity index (χ1v) is 8.28. The van der Waals surface area contributed by atoms with Crippen molar-refractivity contribution in [3.8, 4) is 0 Å². The number of rotatable bonds is 2. The van der Waals surface area contributed by atoms with Crippen molar-refractivity contribution in [3.05, 3.63) is 17.3 Å². The molecular formula is C15H20N4S. The van der Waals surface area contributed by atoms with Gasteiger partial charge in [0.15, 0.2) is 0 Å². The second-order valence-electron chi connectivity index (χ2n) is 5.98. The minimum atomic E-state index is 0.619. The fraction of sp³-hybridized carbons (Fsp3) is 0.600. The van der Waals surface area contributed by atoms with Crippen molar-refractivity contribution in [1.29, 1.82) is 0 Å². The molecule has 20 heavy (non-hydrogen) atoms. The average molecular weight is 288 g/mol. The van der Waals surface area contributed by atoms with E-state index in [-0.39, 0.29) is 0 Å². The summed E-state index contributed by atoms with van der Waals surface area (Å²) in [6.45, 7) is 7.91. The van der Waals surface area contributed by atoms with E-state index in [0.717, 1.165) is 42.1 Å². The highest BCUT2D eigenvalue weighted by molar-refractivity contribution is 7.18. The Morgan fingerprint density at radius 3 is 3.15 bits per heavy atom. The van der Waals surface area contributed by atoms with Crippen LogP contribution in [0.4, 0.5) is 5.82 Å². The first-order chi connectivity index (χ1) is 9.78. The zero-order chi connectivity index (χ0) is 13.7. The summed E-state index contributed by atoms with van der Waals surface area (Å²) in [6.07, 6.45) is 2.92. The van der Waals surface area contributed by atoms with Crippen LogP contribution >= 0.6 is 11.3 Å². The molecule has 4 nitrogen and oxygen atoms in total. The summed E-state index contributed by atoms with van der Waals surface area (Å²) < 4.78 is 0. The van der Waals surface area contributed by atoms with Gasteiger partial charge >= 0.3 is 0 Å². The van der Waals surface area contributed by atoms with Gasteiger partial charge in [-0.15, -0.1) is 11.3 Å². The number of fused-ring (bicyclic) bond motifs is 2. The Morgan fingerprint density at radius 1 is 1.40 bits per heavy atom. The summed E-state index contributed by atoms with van der Waals surface area (Å²) in [7, 11) is 0. The Labute approximate surface area is 123 Å². The molecule has 0 amide bonds. The topological polar surface area (TPSA) is 41.0 Å². The third-order valence-electron chi connectivity index (χ3n) is 4.84. The maximum atomic E-state index is 4.63. The third-order valence-corrected chi connectivity index (χ3v) is 5.80. The van der Waals surface area contributed by atoms with E-state index in [1.807, 2.05) is 0 Å². The zero-order valence-electron chi connectivity index (χ0n) is 12.0. The van der Waals surface area contributed by atoms with Crippen LogP contribution in [-0.2, 0) is 0 Å². The Bertz CT molecular complexity index is 638. The van der Waals surface area contributed by atoms with Crippen molar-refractivity contribution in [2.24, 2.45) is 11.8 Å². The van der Waals surface area contributed by atoms with Crippen molar-refractivity contribution < 1.29 is 0 Å². The van der Waals surface area contributed by atoms with Crippen molar-refractivity contribution in [2.45, 2.75) is 26.3 Å². The van der Waals surface area contributed by atoms with Gasteiger partial charge in [0.2, 0.25) is 0 Å². The average Bonchev–Trinajstić information content (AvgIpc) is 3.09. The van der Waals surface area contributed by atoms with Crippen LogP contribution in [0.1, 0.15) is 18.2 Å². The van der Waals surface area contributed by atoms with Gasteiger partial charge in [-0.05, 0) is 31.2 Å². The second kappa shape index (κ2) is 4.67. The van der Waals surface area contributed by atoms with Gasteiger partial charge in [-0.3, -0.25) is 0 Å². The standard InChI is InChI=1S/C15H20N4S/c1-3-13-12-6-16-5-10(12)7-19(13)14-11-4-9(2)20-15(11)18-8-17-14/h4,8,10,12-13,16H,3,5-7H2,1-2H3. The molecule has 5 heteroatoms. The largest absolute Gasteiger partial charge is 0.352 e. The van der Waals surface area contributed by atoms with Crippen molar-refractivity contribution >= 4 is 27.4 Å². The molecule has 0 aliphatic carbocycles. The molecule has 4 heterocycles. The Kier molecular flexibility index (Phi) is 2.93. The van der Waals surface area contributed by atoms with Gasteiger partial charge in [-0.2, -0.15) is 0 Å². The van der Waals surface area contributed by atoms with E-state index in [1.54, 1.807) is 17.7 Å². The van der Waals surface area contributed by atoms with Crippen molar-refractivity contribution in [2.75, 3.05) is 24.5 Å². The molecule has 3 atom stereocenters. The van der Waals surface area contributed by atoms with Crippen LogP contribution in [0.15, 0.2) is 12.4 Å². The first kappa shape index (κ1) is 12.5. The minimum Gasteiger partial charge on any atom is -0.352 e. The molecule has 2 saturated heterocycles. The summed E-state index contributed by atoms with van der Waals surface area (Å²) in [5, 5.41) is 4.78. The number of aryl methyl sites for hydroxylation is 1. The highest BCUT2D eigenvalue weighted by Crippen LogP contribution is 2.39. The lowest BCUT2D eigenvalue weighted by Gasteiger charge is -2.28. The van der Waals surface area contributed by atoms with E-state index < -0.39 is 0 Å². The van der Waals surface area contributed by atoms with Gasteiger partial charge < -0.3 is 10.2 Å². The van der Waals surface area contributed by atoms with Crippen molar-refractivity contribution in [3.63, 3.8) is 0 Å². The van der Waals surface area contributed by atoms with Gasteiger partial charge in [-0.25, -0.2) is 9.97 Å². The van der Waals surface area contributed by atoms with Crippen LogP contribution in [0.2, 0.25) is 0 Å². The molecular weight excluding hydrogens is 268 g/mol. The SMILES string of the molecule is CCC1C2CNCC2CN1c1ncnc2sc(C)cc12. The monoisotopic (exact) mass is 288 g/mol. The predicted octanol–water partition coefficient (Wildman–Crippen LogP) is 2.43. The zero-order valence-corrected chi connectivity index (χ0v) is 12.8. The molecule has 2 aliphatic rings. The first-order valence-electron chi connectivity index (χ1n) is 7.46. The van der Waals surface area contributed by atoms with Crippen LogP contribution in [0, 0.1) is 18.8 Å². The Hall–Kier alpha value is -1.20. The van der Waals surface area contributed by atoms with E-state index in [1.165, 1.54) is 16.7 Å². The summed E-state index contributed by atoms with van der Waals surface area (Å²) in [5.41, 5.74) is 0. The number of anilines is 1. The van der Waals surface area contributed by atoms with Crippen LogP contribution in [0.3, 0.4) is 0 Å². The highest BCUT2D eigenvalue weighted by atomic mass is 32.1. The maximum Gasteiger partial charge on any atom is 0.141 e. The molecule has 2 fully saturated rings. The lowest BCUT2D eigenvalue weighted by molar-refractivity contribution is 0.441. The maximum absolute atomic E-state index is 4.63. The smallest absolute Gasteiger partial charge is 0.141 e. The number of thiophene rings is 1. The van der Waals surface area contributed by atoms with E-state index in [2.05, 4.69) is 40.1 Å². The Balaban J connectivity index is 1.79. The molecule has 1 N–H and O–H groups in total.